The molecule has 0 saturated heterocycles. The quantitative estimate of drug-likeness (QED) is 0.122. The number of benzene rings is 4. The summed E-state index contributed by atoms with van der Waals surface area (Å²) in [6.07, 6.45) is 1.59. The lowest BCUT2D eigenvalue weighted by molar-refractivity contribution is 0.282. The fourth-order valence-electron chi connectivity index (χ4n) is 4.33. The molecule has 2 heterocycles. The molecule has 0 aliphatic heterocycles. The summed E-state index contributed by atoms with van der Waals surface area (Å²) >= 11 is 11.7. The third-order valence-electron chi connectivity index (χ3n) is 6.32. The highest BCUT2D eigenvalue weighted by Crippen LogP contribution is 2.34. The van der Waals surface area contributed by atoms with E-state index < -0.39 is 0 Å². The van der Waals surface area contributed by atoms with Crippen LogP contribution in [0.15, 0.2) is 104 Å². The van der Waals surface area contributed by atoms with Gasteiger partial charge in [-0.1, -0.05) is 51.8 Å². The van der Waals surface area contributed by atoms with Crippen molar-refractivity contribution in [3.05, 3.63) is 119 Å². The number of hydrogen-bond donors (Lipinski definition) is 0. The number of fused-ring (bicyclic) bond motifs is 2. The van der Waals surface area contributed by atoms with E-state index in [2.05, 4.69) is 43.6 Å². The minimum absolute atomic E-state index is 0.293. The SMILES string of the molecule is COc1cc(C=Nn2c(-c3cc4cc(Br)ccc4o3)nc3ccccc3c2=O)cc(I)c1OCc1ccc(Cl)cc1. The van der Waals surface area contributed by atoms with Crippen LogP contribution in [0.5, 0.6) is 11.5 Å². The number of hydrogen-bond acceptors (Lipinski definition) is 6. The van der Waals surface area contributed by atoms with E-state index in [1.807, 2.05) is 60.7 Å². The van der Waals surface area contributed by atoms with Crippen LogP contribution in [0, 0.1) is 3.57 Å². The molecular weight excluding hydrogens is 721 g/mol. The first kappa shape index (κ1) is 27.5. The number of halogens is 3. The minimum atomic E-state index is -0.312. The van der Waals surface area contributed by atoms with Crippen molar-refractivity contribution in [1.82, 2.24) is 9.66 Å². The molecule has 2 aromatic heterocycles. The van der Waals surface area contributed by atoms with Crippen LogP contribution in [0.2, 0.25) is 5.02 Å². The topological polar surface area (TPSA) is 78.9 Å². The Bertz CT molecular complexity index is 2000. The number of methoxy groups -OCH3 is 1. The summed E-state index contributed by atoms with van der Waals surface area (Å²) in [6.45, 7) is 0.354. The predicted octanol–water partition coefficient (Wildman–Crippen LogP) is 8.30. The van der Waals surface area contributed by atoms with Gasteiger partial charge in [-0.25, -0.2) is 4.98 Å². The van der Waals surface area contributed by atoms with Gasteiger partial charge in [0.1, 0.15) is 12.2 Å². The predicted molar refractivity (Wildman–Crippen MR) is 173 cm³/mol. The second kappa shape index (κ2) is 11.7. The molecule has 0 N–H and O–H groups in total. The molecule has 0 unspecified atom stereocenters. The molecule has 41 heavy (non-hydrogen) atoms. The van der Waals surface area contributed by atoms with Gasteiger partial charge in [0.15, 0.2) is 17.3 Å². The van der Waals surface area contributed by atoms with Gasteiger partial charge in [0.05, 0.1) is 27.8 Å². The summed E-state index contributed by atoms with van der Waals surface area (Å²) in [4.78, 5) is 18.4. The van der Waals surface area contributed by atoms with Crippen molar-refractivity contribution in [3.63, 3.8) is 0 Å². The Balaban J connectivity index is 1.39. The van der Waals surface area contributed by atoms with Crippen LogP contribution >= 0.6 is 50.1 Å². The third kappa shape index (κ3) is 5.74. The average molecular weight is 741 g/mol. The molecule has 0 fully saturated rings. The molecule has 4 aromatic carbocycles. The number of rotatable bonds is 7. The van der Waals surface area contributed by atoms with Crippen molar-refractivity contribution < 1.29 is 13.9 Å². The average Bonchev–Trinajstić information content (AvgIpc) is 3.39. The molecule has 0 radical (unpaired) electrons. The normalized spacial score (nSPS) is 11.5. The maximum Gasteiger partial charge on any atom is 0.282 e. The first-order valence-corrected chi connectivity index (χ1v) is 14.6. The zero-order valence-electron chi connectivity index (χ0n) is 21.5. The fraction of sp³-hybridized carbons (Fsp3) is 0.0645. The van der Waals surface area contributed by atoms with Crippen LogP contribution in [0.25, 0.3) is 33.5 Å². The molecule has 0 aliphatic rings. The van der Waals surface area contributed by atoms with Gasteiger partial charge in [-0.2, -0.15) is 9.78 Å². The Morgan fingerprint density at radius 1 is 1.07 bits per heavy atom. The van der Waals surface area contributed by atoms with E-state index >= 15 is 0 Å². The van der Waals surface area contributed by atoms with Crippen LogP contribution in [-0.2, 0) is 6.61 Å². The van der Waals surface area contributed by atoms with E-state index in [1.54, 1.807) is 37.6 Å². The Kier molecular flexibility index (Phi) is 7.83. The molecule has 0 atom stereocenters. The van der Waals surface area contributed by atoms with E-state index in [4.69, 9.17) is 30.5 Å². The van der Waals surface area contributed by atoms with Gasteiger partial charge in [0.25, 0.3) is 5.56 Å². The Morgan fingerprint density at radius 2 is 1.88 bits per heavy atom. The first-order valence-electron chi connectivity index (χ1n) is 12.4. The second-order valence-electron chi connectivity index (χ2n) is 9.06. The van der Waals surface area contributed by atoms with Gasteiger partial charge in [-0.15, -0.1) is 0 Å². The monoisotopic (exact) mass is 739 g/mol. The summed E-state index contributed by atoms with van der Waals surface area (Å²) in [6, 6.07) is 25.9. The highest BCUT2D eigenvalue weighted by atomic mass is 127. The lowest BCUT2D eigenvalue weighted by Gasteiger charge is -2.14. The second-order valence-corrected chi connectivity index (χ2v) is 11.6. The summed E-state index contributed by atoms with van der Waals surface area (Å²) in [7, 11) is 1.58. The van der Waals surface area contributed by atoms with E-state index in [9.17, 15) is 4.79 Å². The number of furan rings is 1. The third-order valence-corrected chi connectivity index (χ3v) is 7.87. The van der Waals surface area contributed by atoms with E-state index in [0.29, 0.717) is 56.8 Å². The zero-order valence-corrected chi connectivity index (χ0v) is 26.0. The van der Waals surface area contributed by atoms with Gasteiger partial charge in [0, 0.05) is 14.9 Å². The Morgan fingerprint density at radius 3 is 2.68 bits per heavy atom. The Labute approximate surface area is 261 Å². The highest BCUT2D eigenvalue weighted by molar-refractivity contribution is 14.1. The number of para-hydroxylation sites is 1. The smallest absolute Gasteiger partial charge is 0.282 e. The van der Waals surface area contributed by atoms with E-state index in [-0.39, 0.29) is 5.56 Å². The van der Waals surface area contributed by atoms with Crippen LogP contribution < -0.4 is 15.0 Å². The van der Waals surface area contributed by atoms with Crippen molar-refractivity contribution in [2.45, 2.75) is 6.61 Å². The van der Waals surface area contributed by atoms with Gasteiger partial charge < -0.3 is 13.9 Å². The van der Waals surface area contributed by atoms with Crippen molar-refractivity contribution >= 4 is 78.2 Å². The number of nitrogens with zero attached hydrogens (tertiary/aromatic N) is 3. The highest BCUT2D eigenvalue weighted by Gasteiger charge is 2.17. The number of aromatic nitrogens is 2. The van der Waals surface area contributed by atoms with Crippen molar-refractivity contribution in [1.29, 1.82) is 0 Å². The standard InChI is InChI=1S/C31H20BrClIN3O4/c1-39-27-13-19(12-24(34)29(27)40-17-18-6-9-22(33)10-7-18)16-35-37-30(36-25-5-3-2-4-23(25)31(37)38)28-15-20-14-21(32)8-11-26(20)41-28/h2-16H,17H2,1H3. The molecule has 0 bridgehead atoms. The molecule has 204 valence electrons. The largest absolute Gasteiger partial charge is 0.493 e. The van der Waals surface area contributed by atoms with Crippen LogP contribution in [0.1, 0.15) is 11.1 Å². The van der Waals surface area contributed by atoms with Crippen LogP contribution in [0.4, 0.5) is 0 Å². The molecule has 0 amide bonds. The molecule has 6 rings (SSSR count). The summed E-state index contributed by atoms with van der Waals surface area (Å²) in [5.74, 6) is 1.87. The molecular formula is C31H20BrClIN3O4. The van der Waals surface area contributed by atoms with E-state index in [0.717, 1.165) is 19.0 Å². The summed E-state index contributed by atoms with van der Waals surface area (Å²) < 4.78 is 20.8. The summed E-state index contributed by atoms with van der Waals surface area (Å²) in [5.41, 5.74) is 2.61. The lowest BCUT2D eigenvalue weighted by Crippen LogP contribution is -2.20. The lowest BCUT2D eigenvalue weighted by atomic mass is 10.2. The first-order chi connectivity index (χ1) is 19.9. The van der Waals surface area contributed by atoms with Gasteiger partial charge in [-0.05, 0) is 94.4 Å². The molecule has 10 heteroatoms. The van der Waals surface area contributed by atoms with Crippen LogP contribution in [0.3, 0.4) is 0 Å². The fourth-order valence-corrected chi connectivity index (χ4v) is 5.62. The number of ether oxygens (including phenoxy) is 2. The van der Waals surface area contributed by atoms with E-state index in [1.165, 1.54) is 4.68 Å². The van der Waals surface area contributed by atoms with Gasteiger partial charge in [-0.3, -0.25) is 4.79 Å². The molecule has 0 aliphatic carbocycles. The minimum Gasteiger partial charge on any atom is -0.493 e. The van der Waals surface area contributed by atoms with Crippen molar-refractivity contribution in [2.24, 2.45) is 5.10 Å². The maximum absolute atomic E-state index is 13.6. The van der Waals surface area contributed by atoms with Crippen LogP contribution in [-0.4, -0.2) is 23.0 Å². The molecule has 0 spiro atoms. The van der Waals surface area contributed by atoms with Gasteiger partial charge >= 0.3 is 0 Å². The Hall–Kier alpha value is -3.67. The van der Waals surface area contributed by atoms with Gasteiger partial charge in [0.2, 0.25) is 5.82 Å². The maximum atomic E-state index is 13.6. The zero-order chi connectivity index (χ0) is 28.5. The molecule has 6 aromatic rings. The molecule has 0 saturated carbocycles. The molecule has 7 nitrogen and oxygen atoms in total. The van der Waals surface area contributed by atoms with Crippen molar-refractivity contribution in [2.75, 3.05) is 7.11 Å². The van der Waals surface area contributed by atoms with Crippen molar-refractivity contribution in [3.8, 4) is 23.1 Å². The summed E-state index contributed by atoms with van der Waals surface area (Å²) in [5, 5.41) is 6.57.